The molecule has 2 fully saturated rings. The number of benzene rings is 1. The smallest absolute Gasteiger partial charge is 0.259 e. The van der Waals surface area contributed by atoms with Crippen molar-refractivity contribution < 1.29 is 9.32 Å². The summed E-state index contributed by atoms with van der Waals surface area (Å²) in [4.78, 5) is 15.0. The monoisotopic (exact) mass is 296 g/mol. The van der Waals surface area contributed by atoms with Crippen LogP contribution in [0.5, 0.6) is 0 Å². The molecule has 2 heterocycles. The van der Waals surface area contributed by atoms with Crippen LogP contribution in [0.2, 0.25) is 0 Å². The van der Waals surface area contributed by atoms with Crippen molar-refractivity contribution in [3.8, 4) is 11.3 Å². The summed E-state index contributed by atoms with van der Waals surface area (Å²) in [6, 6.07) is 9.78. The maximum absolute atomic E-state index is 13.0. The second-order valence-electron chi connectivity index (χ2n) is 6.63. The molecule has 2 atom stereocenters. The van der Waals surface area contributed by atoms with Crippen molar-refractivity contribution in [2.45, 2.75) is 26.7 Å². The number of piperidine rings is 1. The van der Waals surface area contributed by atoms with Crippen molar-refractivity contribution >= 4 is 5.91 Å². The fourth-order valence-electron chi connectivity index (χ4n) is 3.87. The van der Waals surface area contributed by atoms with Crippen LogP contribution in [-0.4, -0.2) is 29.1 Å². The summed E-state index contributed by atoms with van der Waals surface area (Å²) in [5, 5.41) is 4.12. The van der Waals surface area contributed by atoms with E-state index in [-0.39, 0.29) is 5.91 Å². The fourth-order valence-corrected chi connectivity index (χ4v) is 3.87. The Kier molecular flexibility index (Phi) is 2.90. The number of hydrogen-bond acceptors (Lipinski definition) is 3. The summed E-state index contributed by atoms with van der Waals surface area (Å²) in [6.07, 6.45) is 2.44. The third-order valence-corrected chi connectivity index (χ3v) is 5.42. The number of rotatable bonds is 3. The standard InChI is InChI=1S/C18H20N2O2/c1-3-18-9-14(18)10-20(11-18)17(21)15-12(2)22-19-16(15)13-7-5-4-6-8-13/h4-8,14H,3,9-11H2,1-2H3. The van der Waals surface area contributed by atoms with Gasteiger partial charge in [0.15, 0.2) is 0 Å². The molecule has 4 heteroatoms. The van der Waals surface area contributed by atoms with E-state index in [1.54, 1.807) is 0 Å². The second-order valence-corrected chi connectivity index (χ2v) is 6.63. The Hall–Kier alpha value is -2.10. The molecule has 1 aliphatic carbocycles. The summed E-state index contributed by atoms with van der Waals surface area (Å²) in [5.74, 6) is 1.37. The van der Waals surface area contributed by atoms with Gasteiger partial charge in [0.25, 0.3) is 5.91 Å². The van der Waals surface area contributed by atoms with Crippen LogP contribution in [0, 0.1) is 18.3 Å². The molecule has 4 rings (SSSR count). The first-order chi connectivity index (χ1) is 10.6. The quantitative estimate of drug-likeness (QED) is 0.870. The van der Waals surface area contributed by atoms with Gasteiger partial charge < -0.3 is 9.42 Å². The van der Waals surface area contributed by atoms with Gasteiger partial charge in [-0.15, -0.1) is 0 Å². The Morgan fingerprint density at radius 2 is 2.18 bits per heavy atom. The van der Waals surface area contributed by atoms with Crippen molar-refractivity contribution in [3.63, 3.8) is 0 Å². The molecule has 2 aromatic rings. The van der Waals surface area contributed by atoms with Gasteiger partial charge >= 0.3 is 0 Å². The molecule has 2 unspecified atom stereocenters. The van der Waals surface area contributed by atoms with Crippen LogP contribution in [-0.2, 0) is 0 Å². The molecular formula is C18H20N2O2. The highest BCUT2D eigenvalue weighted by Gasteiger charge is 2.59. The van der Waals surface area contributed by atoms with Crippen LogP contribution in [0.15, 0.2) is 34.9 Å². The summed E-state index contributed by atoms with van der Waals surface area (Å²) in [6.45, 7) is 5.81. The van der Waals surface area contributed by atoms with Crippen molar-refractivity contribution in [1.82, 2.24) is 10.1 Å². The number of nitrogens with zero attached hydrogens (tertiary/aromatic N) is 2. The van der Waals surface area contributed by atoms with Gasteiger partial charge in [-0.3, -0.25) is 4.79 Å². The first-order valence-corrected chi connectivity index (χ1v) is 7.95. The molecule has 1 amide bonds. The Morgan fingerprint density at radius 3 is 2.86 bits per heavy atom. The van der Waals surface area contributed by atoms with Crippen LogP contribution in [0.1, 0.15) is 35.9 Å². The van der Waals surface area contributed by atoms with E-state index < -0.39 is 0 Å². The molecule has 1 saturated heterocycles. The maximum Gasteiger partial charge on any atom is 0.259 e. The van der Waals surface area contributed by atoms with Crippen molar-refractivity contribution in [2.24, 2.45) is 11.3 Å². The van der Waals surface area contributed by atoms with E-state index in [2.05, 4.69) is 12.1 Å². The maximum atomic E-state index is 13.0. The zero-order valence-electron chi connectivity index (χ0n) is 13.0. The van der Waals surface area contributed by atoms with Crippen molar-refractivity contribution in [1.29, 1.82) is 0 Å². The van der Waals surface area contributed by atoms with Gasteiger partial charge in [0.1, 0.15) is 17.0 Å². The van der Waals surface area contributed by atoms with Crippen molar-refractivity contribution in [2.75, 3.05) is 13.1 Å². The number of amides is 1. The Bertz CT molecular complexity index is 718. The lowest BCUT2D eigenvalue weighted by Gasteiger charge is -2.20. The summed E-state index contributed by atoms with van der Waals surface area (Å²) >= 11 is 0. The third kappa shape index (κ3) is 1.90. The molecule has 4 nitrogen and oxygen atoms in total. The van der Waals surface area contributed by atoms with Gasteiger partial charge in [-0.25, -0.2) is 0 Å². The zero-order valence-corrected chi connectivity index (χ0v) is 13.0. The minimum Gasteiger partial charge on any atom is -0.360 e. The van der Waals surface area contributed by atoms with E-state index in [1.807, 2.05) is 42.2 Å². The Balaban J connectivity index is 1.66. The zero-order chi connectivity index (χ0) is 15.3. The van der Waals surface area contributed by atoms with E-state index in [0.717, 1.165) is 25.1 Å². The second kappa shape index (κ2) is 4.70. The molecule has 1 saturated carbocycles. The number of aromatic nitrogens is 1. The van der Waals surface area contributed by atoms with Crippen LogP contribution in [0.3, 0.4) is 0 Å². The largest absolute Gasteiger partial charge is 0.360 e. The predicted octanol–water partition coefficient (Wildman–Crippen LogP) is 3.52. The van der Waals surface area contributed by atoms with Crippen LogP contribution >= 0.6 is 0 Å². The van der Waals surface area contributed by atoms with Crippen molar-refractivity contribution in [3.05, 3.63) is 41.7 Å². The van der Waals surface area contributed by atoms with Crippen LogP contribution in [0.25, 0.3) is 11.3 Å². The molecule has 1 aromatic heterocycles. The summed E-state index contributed by atoms with van der Waals surface area (Å²) in [7, 11) is 0. The molecule has 114 valence electrons. The third-order valence-electron chi connectivity index (χ3n) is 5.42. The predicted molar refractivity (Wildman–Crippen MR) is 83.4 cm³/mol. The van der Waals surface area contributed by atoms with E-state index >= 15 is 0 Å². The molecule has 0 bridgehead atoms. The first kappa shape index (κ1) is 13.6. The molecule has 0 spiro atoms. The molecule has 22 heavy (non-hydrogen) atoms. The molecule has 2 aliphatic rings. The van der Waals surface area contributed by atoms with Gasteiger partial charge in [0, 0.05) is 18.7 Å². The number of aryl methyl sites for hydroxylation is 1. The highest BCUT2D eigenvalue weighted by Crippen LogP contribution is 2.60. The Morgan fingerprint density at radius 1 is 1.41 bits per heavy atom. The average molecular weight is 296 g/mol. The van der Waals surface area contributed by atoms with Crippen LogP contribution < -0.4 is 0 Å². The molecule has 0 N–H and O–H groups in total. The summed E-state index contributed by atoms with van der Waals surface area (Å²) in [5.41, 5.74) is 2.61. The molecular weight excluding hydrogens is 276 g/mol. The highest BCUT2D eigenvalue weighted by molar-refractivity contribution is 6.01. The van der Waals surface area contributed by atoms with E-state index in [9.17, 15) is 4.79 Å². The van der Waals surface area contributed by atoms with E-state index in [0.29, 0.717) is 28.4 Å². The minimum absolute atomic E-state index is 0.0672. The van der Waals surface area contributed by atoms with Gasteiger partial charge in [-0.1, -0.05) is 42.4 Å². The minimum atomic E-state index is 0.0672. The number of fused-ring (bicyclic) bond motifs is 1. The molecule has 1 aliphatic heterocycles. The SMILES string of the molecule is CCC12CC1CN(C(=O)c1c(-c3ccccc3)noc1C)C2. The van der Waals surface area contributed by atoms with Gasteiger partial charge in [-0.05, 0) is 31.1 Å². The normalized spacial score (nSPS) is 26.1. The number of carbonyl (C=O) groups is 1. The number of carbonyl (C=O) groups excluding carboxylic acids is 1. The topological polar surface area (TPSA) is 46.3 Å². The van der Waals surface area contributed by atoms with Gasteiger partial charge in [0.2, 0.25) is 0 Å². The molecule has 1 aromatic carbocycles. The summed E-state index contributed by atoms with van der Waals surface area (Å²) < 4.78 is 5.32. The van der Waals surface area contributed by atoms with E-state index in [1.165, 1.54) is 6.42 Å². The lowest BCUT2D eigenvalue weighted by Crippen LogP contribution is -2.32. The number of hydrogen-bond donors (Lipinski definition) is 0. The Labute approximate surface area is 130 Å². The van der Waals surface area contributed by atoms with Crippen LogP contribution in [0.4, 0.5) is 0 Å². The van der Waals surface area contributed by atoms with Gasteiger partial charge in [-0.2, -0.15) is 0 Å². The van der Waals surface area contributed by atoms with Gasteiger partial charge in [0.05, 0.1) is 0 Å². The fraction of sp³-hybridized carbons (Fsp3) is 0.444. The van der Waals surface area contributed by atoms with E-state index in [4.69, 9.17) is 4.52 Å². The number of likely N-dealkylation sites (tertiary alicyclic amines) is 1. The lowest BCUT2D eigenvalue weighted by molar-refractivity contribution is 0.0763. The average Bonchev–Trinajstić information content (AvgIpc) is 2.91. The highest BCUT2D eigenvalue weighted by atomic mass is 16.5. The first-order valence-electron chi connectivity index (χ1n) is 7.95. The lowest BCUT2D eigenvalue weighted by atomic mass is 10.0. The molecule has 0 radical (unpaired) electrons.